The summed E-state index contributed by atoms with van der Waals surface area (Å²) in [5, 5.41) is 3.43. The molecule has 2 aliphatic heterocycles. The third kappa shape index (κ3) is 2.52. The highest BCUT2D eigenvalue weighted by Gasteiger charge is 2.45. The van der Waals surface area contributed by atoms with Crippen molar-refractivity contribution in [2.45, 2.75) is 75.4 Å². The summed E-state index contributed by atoms with van der Waals surface area (Å²) in [4.78, 5) is 0. The Bertz CT molecular complexity index is 307. The zero-order valence-corrected chi connectivity index (χ0v) is 10.4. The lowest BCUT2D eigenvalue weighted by Gasteiger charge is -2.34. The van der Waals surface area contributed by atoms with E-state index in [1.165, 1.54) is 0 Å². The number of nitrogens with one attached hydrogen (secondary N) is 1. The van der Waals surface area contributed by atoms with Crippen LogP contribution in [0.15, 0.2) is 0 Å². The molecule has 3 fully saturated rings. The average Bonchev–Trinajstić information content (AvgIpc) is 2.90. The minimum absolute atomic E-state index is 0.0262. The van der Waals surface area contributed by atoms with Crippen LogP contribution in [0.3, 0.4) is 0 Å². The van der Waals surface area contributed by atoms with Crippen LogP contribution in [0.5, 0.6) is 0 Å². The van der Waals surface area contributed by atoms with Crippen LogP contribution >= 0.6 is 0 Å². The van der Waals surface area contributed by atoms with Crippen molar-refractivity contribution in [2.24, 2.45) is 5.92 Å². The lowest BCUT2D eigenvalue weighted by molar-refractivity contribution is -0.184. The van der Waals surface area contributed by atoms with Gasteiger partial charge in [-0.25, -0.2) is 0 Å². The van der Waals surface area contributed by atoms with Gasteiger partial charge in [0.1, 0.15) is 0 Å². The summed E-state index contributed by atoms with van der Waals surface area (Å²) in [5.41, 5.74) is 0. The predicted octanol–water partition coefficient (Wildman–Crippen LogP) is 3.02. The molecule has 2 saturated heterocycles. The molecular formula is C13H20F3NO. The molecule has 0 aromatic rings. The summed E-state index contributed by atoms with van der Waals surface area (Å²) < 4.78 is 43.9. The number of alkyl halides is 3. The highest BCUT2D eigenvalue weighted by molar-refractivity contribution is 4.96. The molecule has 0 unspecified atom stereocenters. The molecule has 0 radical (unpaired) electrons. The van der Waals surface area contributed by atoms with Crippen LogP contribution in [0.1, 0.15) is 44.9 Å². The molecule has 3 aliphatic rings. The molecule has 0 aromatic heterocycles. The van der Waals surface area contributed by atoms with Gasteiger partial charge in [-0.3, -0.25) is 0 Å². The van der Waals surface area contributed by atoms with Gasteiger partial charge >= 0.3 is 6.18 Å². The number of fused-ring (bicyclic) bond motifs is 2. The van der Waals surface area contributed by atoms with Gasteiger partial charge in [-0.2, -0.15) is 13.2 Å². The third-order valence-corrected chi connectivity index (χ3v) is 4.69. The molecule has 2 nitrogen and oxygen atoms in total. The van der Waals surface area contributed by atoms with Crippen molar-refractivity contribution in [1.29, 1.82) is 0 Å². The predicted molar refractivity (Wildman–Crippen MR) is 61.2 cm³/mol. The third-order valence-electron chi connectivity index (χ3n) is 4.69. The van der Waals surface area contributed by atoms with Crippen molar-refractivity contribution >= 4 is 0 Å². The number of hydrogen-bond acceptors (Lipinski definition) is 2. The summed E-state index contributed by atoms with van der Waals surface area (Å²) in [5.74, 6) is -1.11. The minimum atomic E-state index is -4.02. The summed E-state index contributed by atoms with van der Waals surface area (Å²) in [6, 6.07) is 0.319. The number of rotatable bonds is 2. The van der Waals surface area contributed by atoms with E-state index in [-0.39, 0.29) is 18.6 Å². The summed E-state index contributed by atoms with van der Waals surface area (Å²) in [6.07, 6.45) is 1.87. The Morgan fingerprint density at radius 2 is 1.83 bits per heavy atom. The van der Waals surface area contributed by atoms with E-state index in [1.807, 2.05) is 0 Å². The van der Waals surface area contributed by atoms with E-state index in [1.54, 1.807) is 0 Å². The van der Waals surface area contributed by atoms with Crippen LogP contribution in [0.25, 0.3) is 0 Å². The Morgan fingerprint density at radius 3 is 2.44 bits per heavy atom. The van der Waals surface area contributed by atoms with Gasteiger partial charge in [-0.15, -0.1) is 0 Å². The molecule has 3 rings (SSSR count). The van der Waals surface area contributed by atoms with Crippen molar-refractivity contribution in [1.82, 2.24) is 5.32 Å². The second kappa shape index (κ2) is 4.67. The van der Waals surface area contributed by atoms with Gasteiger partial charge in [0.15, 0.2) is 0 Å². The van der Waals surface area contributed by atoms with E-state index in [9.17, 15) is 13.2 Å². The molecule has 18 heavy (non-hydrogen) atoms. The van der Waals surface area contributed by atoms with Gasteiger partial charge in [-0.1, -0.05) is 6.42 Å². The maximum absolute atomic E-state index is 12.7. The zero-order chi connectivity index (χ0) is 12.8. The average molecular weight is 263 g/mol. The van der Waals surface area contributed by atoms with Gasteiger partial charge in [-0.05, 0) is 38.5 Å². The zero-order valence-electron chi connectivity index (χ0n) is 10.4. The maximum Gasteiger partial charge on any atom is 0.391 e. The number of halogens is 3. The fraction of sp³-hybridized carbons (Fsp3) is 1.00. The van der Waals surface area contributed by atoms with E-state index in [4.69, 9.17) is 4.74 Å². The Morgan fingerprint density at radius 1 is 1.00 bits per heavy atom. The van der Waals surface area contributed by atoms with Crippen LogP contribution in [-0.4, -0.2) is 30.5 Å². The van der Waals surface area contributed by atoms with Crippen molar-refractivity contribution in [3.8, 4) is 0 Å². The smallest absolute Gasteiger partial charge is 0.373 e. The molecule has 1 N–H and O–H groups in total. The van der Waals surface area contributed by atoms with Gasteiger partial charge < -0.3 is 10.1 Å². The summed E-state index contributed by atoms with van der Waals surface area (Å²) >= 11 is 0. The number of hydrogen-bond donors (Lipinski definition) is 1. The molecular weight excluding hydrogens is 243 g/mol. The molecule has 2 heterocycles. The molecule has 2 bridgehead atoms. The van der Waals surface area contributed by atoms with Gasteiger partial charge in [0.05, 0.1) is 18.1 Å². The van der Waals surface area contributed by atoms with E-state index in [0.717, 1.165) is 25.7 Å². The van der Waals surface area contributed by atoms with Crippen LogP contribution in [0.2, 0.25) is 0 Å². The van der Waals surface area contributed by atoms with Crippen molar-refractivity contribution in [3.63, 3.8) is 0 Å². The molecule has 0 aromatic carbocycles. The van der Waals surface area contributed by atoms with Crippen molar-refractivity contribution in [2.75, 3.05) is 0 Å². The van der Waals surface area contributed by atoms with Crippen molar-refractivity contribution in [3.05, 3.63) is 0 Å². The first-order valence-corrected chi connectivity index (χ1v) is 7.00. The van der Waals surface area contributed by atoms with Crippen LogP contribution in [0, 0.1) is 5.92 Å². The lowest BCUT2D eigenvalue weighted by Crippen LogP contribution is -2.47. The van der Waals surface area contributed by atoms with Crippen LogP contribution in [-0.2, 0) is 4.74 Å². The molecule has 0 amide bonds. The van der Waals surface area contributed by atoms with Gasteiger partial charge in [0.25, 0.3) is 0 Å². The number of ether oxygens (including phenoxy) is 1. The van der Waals surface area contributed by atoms with E-state index in [0.29, 0.717) is 25.0 Å². The van der Waals surface area contributed by atoms with Gasteiger partial charge in [0.2, 0.25) is 0 Å². The first-order chi connectivity index (χ1) is 8.52. The summed E-state index contributed by atoms with van der Waals surface area (Å²) in [6.45, 7) is 0. The lowest BCUT2D eigenvalue weighted by atomic mass is 9.84. The first kappa shape index (κ1) is 12.7. The molecule has 1 saturated carbocycles. The molecule has 1 aliphatic carbocycles. The molecule has 5 heteroatoms. The summed E-state index contributed by atoms with van der Waals surface area (Å²) in [7, 11) is 0. The van der Waals surface area contributed by atoms with E-state index < -0.39 is 12.1 Å². The molecule has 5 atom stereocenters. The van der Waals surface area contributed by atoms with Crippen LogP contribution in [0.4, 0.5) is 13.2 Å². The normalized spacial score (nSPS) is 44.5. The largest absolute Gasteiger partial charge is 0.391 e. The quantitative estimate of drug-likeness (QED) is 0.827. The topological polar surface area (TPSA) is 21.3 Å². The highest BCUT2D eigenvalue weighted by atomic mass is 19.4. The second-order valence-electron chi connectivity index (χ2n) is 5.98. The Labute approximate surface area is 105 Å². The Hall–Kier alpha value is -0.290. The van der Waals surface area contributed by atoms with Crippen LogP contribution < -0.4 is 5.32 Å². The van der Waals surface area contributed by atoms with Gasteiger partial charge in [0, 0.05) is 12.1 Å². The fourth-order valence-electron chi connectivity index (χ4n) is 3.75. The minimum Gasteiger partial charge on any atom is -0.373 e. The SMILES string of the molecule is FC(F)(F)[C@H]1CCC[C@@H](N[C@@H]2C[C@H]3CC[C@@H]2O3)C1. The Kier molecular flexibility index (Phi) is 3.30. The van der Waals surface area contributed by atoms with E-state index in [2.05, 4.69) is 5.32 Å². The monoisotopic (exact) mass is 263 g/mol. The Balaban J connectivity index is 1.54. The molecule has 104 valence electrons. The van der Waals surface area contributed by atoms with Crippen molar-refractivity contribution < 1.29 is 17.9 Å². The fourth-order valence-corrected chi connectivity index (χ4v) is 3.75. The van der Waals surface area contributed by atoms with E-state index >= 15 is 0 Å². The first-order valence-electron chi connectivity index (χ1n) is 7.00. The second-order valence-corrected chi connectivity index (χ2v) is 5.98. The maximum atomic E-state index is 12.7. The highest BCUT2D eigenvalue weighted by Crippen LogP contribution is 2.39. The molecule has 0 spiro atoms. The standard InChI is InChI=1S/C13H20F3NO/c14-13(15,16)8-2-1-3-9(6-8)17-11-7-10-4-5-12(11)18-10/h8-12,17H,1-7H2/t8-,9+,10+,11+,12-/m0/s1.